The molecule has 0 aliphatic carbocycles. The second-order valence-electron chi connectivity index (χ2n) is 11.0. The molecule has 5 heterocycles. The number of aromatic nitrogens is 2. The van der Waals surface area contributed by atoms with Gasteiger partial charge in [0, 0.05) is 66.3 Å². The van der Waals surface area contributed by atoms with Crippen LogP contribution in [0.15, 0.2) is 60.6 Å². The molecule has 2 amide bonds. The number of morpholine rings is 1. The molecule has 1 atom stereocenters. The predicted octanol–water partition coefficient (Wildman–Crippen LogP) is 3.51. The molecule has 2 aromatic heterocycles. The molecule has 10 heteroatoms. The van der Waals surface area contributed by atoms with Crippen LogP contribution in [0.5, 0.6) is 0 Å². The van der Waals surface area contributed by atoms with Crippen LogP contribution in [-0.4, -0.2) is 77.1 Å². The molecule has 1 aromatic carbocycles. The fourth-order valence-corrected chi connectivity index (χ4v) is 6.04. The van der Waals surface area contributed by atoms with Crippen LogP contribution in [0.25, 0.3) is 10.9 Å². The van der Waals surface area contributed by atoms with Crippen LogP contribution < -0.4 is 16.0 Å². The lowest BCUT2D eigenvalue weighted by atomic mass is 9.95. The van der Waals surface area contributed by atoms with E-state index < -0.39 is 0 Å². The minimum Gasteiger partial charge on any atom is -0.378 e. The lowest BCUT2D eigenvalue weighted by Gasteiger charge is -2.47. The van der Waals surface area contributed by atoms with Crippen LogP contribution in [-0.2, 0) is 9.53 Å². The minimum absolute atomic E-state index is 0.0767. The number of hydrogen-bond acceptors (Lipinski definition) is 7. The zero-order chi connectivity index (χ0) is 28.5. The van der Waals surface area contributed by atoms with Gasteiger partial charge in [0.05, 0.1) is 13.2 Å². The fourth-order valence-electron chi connectivity index (χ4n) is 6.04. The fraction of sp³-hybridized carbons (Fsp3) is 0.387. The number of benzene rings is 1. The van der Waals surface area contributed by atoms with Gasteiger partial charge in [0.1, 0.15) is 17.7 Å². The first-order valence-electron chi connectivity index (χ1n) is 14.3. The third-order valence-electron chi connectivity index (χ3n) is 8.50. The Morgan fingerprint density at radius 3 is 2.61 bits per heavy atom. The zero-order valence-corrected chi connectivity index (χ0v) is 23.6. The van der Waals surface area contributed by atoms with E-state index in [-0.39, 0.29) is 23.9 Å². The molecule has 6 rings (SSSR count). The molecular weight excluding hydrogens is 518 g/mol. The van der Waals surface area contributed by atoms with Crippen LogP contribution >= 0.6 is 0 Å². The summed E-state index contributed by atoms with van der Waals surface area (Å²) in [5.41, 5.74) is 10.9. The van der Waals surface area contributed by atoms with E-state index in [1.54, 1.807) is 6.20 Å². The summed E-state index contributed by atoms with van der Waals surface area (Å²) in [6.45, 7) is 8.53. The monoisotopic (exact) mass is 555 g/mol. The Hall–Kier alpha value is -4.15. The van der Waals surface area contributed by atoms with E-state index in [0.717, 1.165) is 72.8 Å². The highest BCUT2D eigenvalue weighted by Crippen LogP contribution is 2.32. The molecule has 0 bridgehead atoms. The maximum absolute atomic E-state index is 13.4. The van der Waals surface area contributed by atoms with Gasteiger partial charge in [-0.05, 0) is 74.7 Å². The summed E-state index contributed by atoms with van der Waals surface area (Å²) >= 11 is 0. The highest BCUT2D eigenvalue weighted by Gasteiger charge is 2.34. The van der Waals surface area contributed by atoms with E-state index in [0.29, 0.717) is 18.9 Å². The number of fused-ring (bicyclic) bond motifs is 1. The second-order valence-corrected chi connectivity index (χ2v) is 11.0. The summed E-state index contributed by atoms with van der Waals surface area (Å²) in [4.78, 5) is 40.0. The summed E-state index contributed by atoms with van der Waals surface area (Å²) in [6, 6.07) is 9.69. The highest BCUT2D eigenvalue weighted by atomic mass is 16.5. The molecule has 3 aromatic rings. The number of likely N-dealkylation sites (tertiary alicyclic amines) is 1. The van der Waals surface area contributed by atoms with E-state index in [1.165, 1.54) is 5.56 Å². The summed E-state index contributed by atoms with van der Waals surface area (Å²) in [6.07, 6.45) is 9.48. The predicted molar refractivity (Wildman–Crippen MR) is 159 cm³/mol. The first kappa shape index (κ1) is 27.0. The molecule has 0 radical (unpaired) electrons. The number of allylic oxidation sites excluding steroid dienone is 2. The van der Waals surface area contributed by atoms with E-state index in [2.05, 4.69) is 55.1 Å². The maximum Gasteiger partial charge on any atom is 0.274 e. The first-order valence-corrected chi connectivity index (χ1v) is 14.3. The Morgan fingerprint density at radius 1 is 1.07 bits per heavy atom. The average molecular weight is 556 g/mol. The SMILES string of the molecule is Cc1[nH]c2ccc(NC(=O)c3cc(N4C(N5CCOCC5)=CC=CC4N4CCC(C(N)=O)CC4)ccn3)cc2c1C. The molecule has 0 spiro atoms. The number of carbonyl (C=O) groups excluding carboxylic acids is 2. The van der Waals surface area contributed by atoms with Crippen LogP contribution in [0.2, 0.25) is 0 Å². The van der Waals surface area contributed by atoms with Crippen molar-refractivity contribution in [1.29, 1.82) is 0 Å². The van der Waals surface area contributed by atoms with Crippen molar-refractivity contribution in [1.82, 2.24) is 19.8 Å². The lowest BCUT2D eigenvalue weighted by molar-refractivity contribution is -0.123. The number of primary amides is 1. The third kappa shape index (κ3) is 5.45. The van der Waals surface area contributed by atoms with Gasteiger partial charge in [-0.15, -0.1) is 0 Å². The maximum atomic E-state index is 13.4. The number of piperidine rings is 1. The third-order valence-corrected chi connectivity index (χ3v) is 8.50. The molecule has 2 saturated heterocycles. The Kier molecular flexibility index (Phi) is 7.51. The van der Waals surface area contributed by atoms with Gasteiger partial charge in [0.15, 0.2) is 0 Å². The number of amides is 2. The average Bonchev–Trinajstić information content (AvgIpc) is 3.29. The van der Waals surface area contributed by atoms with Crippen molar-refractivity contribution >= 4 is 34.1 Å². The number of nitrogens with zero attached hydrogens (tertiary/aromatic N) is 4. The highest BCUT2D eigenvalue weighted by molar-refractivity contribution is 6.04. The van der Waals surface area contributed by atoms with Crippen LogP contribution in [0.1, 0.15) is 34.6 Å². The van der Waals surface area contributed by atoms with Crippen molar-refractivity contribution in [2.24, 2.45) is 11.7 Å². The summed E-state index contributed by atoms with van der Waals surface area (Å²) in [5, 5.41) is 4.13. The number of pyridine rings is 1. The lowest BCUT2D eigenvalue weighted by Crippen LogP contribution is -2.55. The van der Waals surface area contributed by atoms with Gasteiger partial charge in [-0.1, -0.05) is 6.08 Å². The normalized spacial score (nSPS) is 20.3. The molecule has 214 valence electrons. The number of hydrogen-bond donors (Lipinski definition) is 3. The van der Waals surface area contributed by atoms with Gasteiger partial charge in [-0.3, -0.25) is 19.5 Å². The number of nitrogens with one attached hydrogen (secondary N) is 2. The van der Waals surface area contributed by atoms with Crippen molar-refractivity contribution in [3.05, 3.63) is 77.5 Å². The van der Waals surface area contributed by atoms with Crippen LogP contribution in [0.4, 0.5) is 11.4 Å². The van der Waals surface area contributed by atoms with E-state index >= 15 is 0 Å². The van der Waals surface area contributed by atoms with E-state index in [1.807, 2.05) is 37.3 Å². The number of nitrogens with two attached hydrogens (primary N) is 1. The van der Waals surface area contributed by atoms with Gasteiger partial charge in [0.2, 0.25) is 5.91 Å². The molecule has 4 N–H and O–H groups in total. The topological polar surface area (TPSA) is 120 Å². The number of H-pyrrole nitrogens is 1. The molecule has 1 unspecified atom stereocenters. The van der Waals surface area contributed by atoms with E-state index in [9.17, 15) is 9.59 Å². The molecule has 0 saturated carbocycles. The van der Waals surface area contributed by atoms with Crippen molar-refractivity contribution < 1.29 is 14.3 Å². The summed E-state index contributed by atoms with van der Waals surface area (Å²) in [7, 11) is 0. The molecule has 2 fully saturated rings. The van der Waals surface area contributed by atoms with E-state index in [4.69, 9.17) is 10.5 Å². The second kappa shape index (κ2) is 11.4. The smallest absolute Gasteiger partial charge is 0.274 e. The van der Waals surface area contributed by atoms with Gasteiger partial charge >= 0.3 is 0 Å². The van der Waals surface area contributed by atoms with Crippen molar-refractivity contribution in [2.45, 2.75) is 32.9 Å². The molecule has 3 aliphatic rings. The Morgan fingerprint density at radius 2 is 1.85 bits per heavy atom. The number of ether oxygens (including phenoxy) is 1. The van der Waals surface area contributed by atoms with Crippen molar-refractivity contribution in [3.8, 4) is 0 Å². The number of aryl methyl sites for hydroxylation is 2. The minimum atomic E-state index is -0.264. The Balaban J connectivity index is 1.28. The number of anilines is 2. The molecule has 41 heavy (non-hydrogen) atoms. The Bertz CT molecular complexity index is 1510. The van der Waals surface area contributed by atoms with Crippen LogP contribution in [0, 0.1) is 19.8 Å². The standard InChI is InChI=1S/C31H37N7O3/c1-20-21(2)34-26-7-6-23(18-25(20)26)35-31(40)27-19-24(8-11-33-27)38-28(36-12-9-22(10-13-36)30(32)39)4-3-5-29(38)37-14-16-41-17-15-37/h3-8,11,18-19,22,28,34H,9-10,12-17H2,1-2H3,(H2,32,39)(H,35,40). The van der Waals surface area contributed by atoms with Crippen LogP contribution in [0.3, 0.4) is 0 Å². The molecule has 10 nitrogen and oxygen atoms in total. The zero-order valence-electron chi connectivity index (χ0n) is 23.6. The van der Waals surface area contributed by atoms with Gasteiger partial charge < -0.3 is 30.6 Å². The van der Waals surface area contributed by atoms with Gasteiger partial charge in [0.25, 0.3) is 5.91 Å². The molecular formula is C31H37N7O3. The first-order chi connectivity index (χ1) is 19.9. The number of carbonyl (C=O) groups is 2. The van der Waals surface area contributed by atoms with Crippen molar-refractivity contribution in [3.63, 3.8) is 0 Å². The van der Waals surface area contributed by atoms with Gasteiger partial charge in [-0.25, -0.2) is 0 Å². The number of rotatable bonds is 6. The summed E-state index contributed by atoms with van der Waals surface area (Å²) < 4.78 is 5.63. The Labute approximate surface area is 239 Å². The number of aromatic amines is 1. The summed E-state index contributed by atoms with van der Waals surface area (Å²) in [5.74, 6) is 0.481. The quantitative estimate of drug-likeness (QED) is 0.426. The largest absolute Gasteiger partial charge is 0.378 e. The van der Waals surface area contributed by atoms with Gasteiger partial charge in [-0.2, -0.15) is 0 Å². The van der Waals surface area contributed by atoms with Crippen molar-refractivity contribution in [2.75, 3.05) is 49.6 Å². The molecule has 3 aliphatic heterocycles.